The van der Waals surface area contributed by atoms with Crippen LogP contribution in [0.4, 0.5) is 10.6 Å². The van der Waals surface area contributed by atoms with Gasteiger partial charge >= 0.3 is 6.09 Å². The second-order valence-electron chi connectivity index (χ2n) is 2.79. The van der Waals surface area contributed by atoms with Crippen LogP contribution in [0.5, 0.6) is 0 Å². The van der Waals surface area contributed by atoms with E-state index in [0.717, 1.165) is 9.37 Å². The first-order valence-corrected chi connectivity index (χ1v) is 5.68. The number of rotatable bonds is 2. The summed E-state index contributed by atoms with van der Waals surface area (Å²) in [5.41, 5.74) is 0. The van der Waals surface area contributed by atoms with E-state index in [2.05, 4.69) is 26.2 Å². The lowest BCUT2D eigenvalue weighted by Gasteiger charge is -2.18. The van der Waals surface area contributed by atoms with Crippen LogP contribution in [0, 0.1) is 0 Å². The maximum absolute atomic E-state index is 10.8. The number of hydrogen-bond donors (Lipinski definition) is 2. The molecule has 0 atom stereocenters. The van der Waals surface area contributed by atoms with Crippen molar-refractivity contribution in [2.24, 2.45) is 0 Å². The Hall–Kier alpha value is -1.21. The van der Waals surface area contributed by atoms with Crippen molar-refractivity contribution in [2.45, 2.75) is 6.92 Å². The molecule has 0 saturated heterocycles. The minimum atomic E-state index is -1.09. The van der Waals surface area contributed by atoms with Crippen LogP contribution >= 0.6 is 28.1 Å². The smallest absolute Gasteiger partial charge is 0.413 e. The molecule has 7 heteroatoms. The predicted molar refractivity (Wildman–Crippen MR) is 68.6 cm³/mol. The molecule has 0 aliphatic heterocycles. The minimum Gasteiger partial charge on any atom is -0.465 e. The van der Waals surface area contributed by atoms with E-state index in [1.54, 1.807) is 25.3 Å². The number of hydrogen-bond acceptors (Lipinski definition) is 3. The predicted octanol–water partition coefficient (Wildman–Crippen LogP) is 2.54. The van der Waals surface area contributed by atoms with Crippen LogP contribution in [0.2, 0.25) is 0 Å². The van der Waals surface area contributed by atoms with Crippen molar-refractivity contribution in [2.75, 3.05) is 11.9 Å². The van der Waals surface area contributed by atoms with Gasteiger partial charge in [-0.1, -0.05) is 0 Å². The summed E-state index contributed by atoms with van der Waals surface area (Å²) in [7, 11) is 0. The Morgan fingerprint density at radius 2 is 2.44 bits per heavy atom. The number of anilines is 1. The van der Waals surface area contributed by atoms with Crippen LogP contribution in [-0.2, 0) is 0 Å². The van der Waals surface area contributed by atoms with Crippen molar-refractivity contribution in [1.82, 2.24) is 9.88 Å². The van der Waals surface area contributed by atoms with E-state index in [-0.39, 0.29) is 11.7 Å². The van der Waals surface area contributed by atoms with Gasteiger partial charge in [-0.25, -0.2) is 9.78 Å². The molecule has 16 heavy (non-hydrogen) atoms. The molecule has 0 aliphatic rings. The van der Waals surface area contributed by atoms with Crippen LogP contribution in [0.3, 0.4) is 0 Å². The zero-order valence-corrected chi connectivity index (χ0v) is 10.9. The molecule has 0 spiro atoms. The van der Waals surface area contributed by atoms with Crippen LogP contribution < -0.4 is 5.32 Å². The molecule has 0 fully saturated rings. The fraction of sp³-hybridized carbons (Fsp3) is 0.222. The number of thiocarbonyl (C=S) groups is 1. The number of carboxylic acid groups (broad SMARTS) is 1. The van der Waals surface area contributed by atoms with Gasteiger partial charge in [-0.05, 0) is 47.2 Å². The second-order valence-corrected chi connectivity index (χ2v) is 4.03. The zero-order valence-electron chi connectivity index (χ0n) is 8.48. The Morgan fingerprint density at radius 1 is 1.75 bits per heavy atom. The third kappa shape index (κ3) is 3.14. The van der Waals surface area contributed by atoms with E-state index < -0.39 is 6.09 Å². The number of halogens is 1. The molecule has 1 rings (SSSR count). The minimum absolute atomic E-state index is 0.106. The molecule has 86 valence electrons. The van der Waals surface area contributed by atoms with E-state index in [0.29, 0.717) is 5.82 Å². The summed E-state index contributed by atoms with van der Waals surface area (Å²) in [6.07, 6.45) is 0.499. The fourth-order valence-corrected chi connectivity index (χ4v) is 1.67. The van der Waals surface area contributed by atoms with Gasteiger partial charge in [-0.15, -0.1) is 0 Å². The molecule has 0 bridgehead atoms. The summed E-state index contributed by atoms with van der Waals surface area (Å²) >= 11 is 8.25. The molecular weight excluding hydrogens is 294 g/mol. The highest BCUT2D eigenvalue weighted by molar-refractivity contribution is 9.10. The molecule has 0 radical (unpaired) electrons. The number of nitrogens with zero attached hydrogens (tertiary/aromatic N) is 2. The van der Waals surface area contributed by atoms with Crippen LogP contribution in [-0.4, -0.2) is 32.7 Å². The maximum Gasteiger partial charge on any atom is 0.413 e. The van der Waals surface area contributed by atoms with Crippen molar-refractivity contribution >= 4 is 45.2 Å². The fourth-order valence-electron chi connectivity index (χ4n) is 1.01. The van der Waals surface area contributed by atoms with E-state index >= 15 is 0 Å². The molecule has 1 amide bonds. The molecule has 0 saturated carbocycles. The highest BCUT2D eigenvalue weighted by Crippen LogP contribution is 2.18. The van der Waals surface area contributed by atoms with Crippen molar-refractivity contribution in [3.05, 3.63) is 22.8 Å². The topological polar surface area (TPSA) is 65.5 Å². The molecule has 5 nitrogen and oxygen atoms in total. The summed E-state index contributed by atoms with van der Waals surface area (Å²) in [6.45, 7) is 1.99. The lowest BCUT2D eigenvalue weighted by atomic mass is 10.4. The zero-order chi connectivity index (χ0) is 12.1. The number of aromatic nitrogens is 1. The van der Waals surface area contributed by atoms with Gasteiger partial charge in [-0.2, -0.15) is 0 Å². The average Bonchev–Trinajstić information content (AvgIpc) is 2.22. The van der Waals surface area contributed by atoms with Gasteiger partial charge in [0.25, 0.3) is 0 Å². The van der Waals surface area contributed by atoms with Gasteiger partial charge in [0.05, 0.1) is 4.47 Å². The third-order valence-electron chi connectivity index (χ3n) is 1.78. The monoisotopic (exact) mass is 303 g/mol. The van der Waals surface area contributed by atoms with Crippen LogP contribution in [0.1, 0.15) is 6.92 Å². The number of nitrogens with one attached hydrogen (secondary N) is 1. The Bertz CT molecular complexity index is 413. The number of amides is 1. The maximum atomic E-state index is 10.8. The van der Waals surface area contributed by atoms with Gasteiger partial charge < -0.3 is 10.4 Å². The Morgan fingerprint density at radius 3 is 2.94 bits per heavy atom. The summed E-state index contributed by atoms with van der Waals surface area (Å²) in [5, 5.41) is 11.7. The summed E-state index contributed by atoms with van der Waals surface area (Å²) in [5.74, 6) is 0.493. The Labute approximate surface area is 107 Å². The normalized spacial score (nSPS) is 9.62. The van der Waals surface area contributed by atoms with E-state index in [4.69, 9.17) is 17.3 Å². The molecule has 0 aliphatic carbocycles. The van der Waals surface area contributed by atoms with E-state index in [1.165, 1.54) is 0 Å². The summed E-state index contributed by atoms with van der Waals surface area (Å²) in [4.78, 5) is 15.9. The molecule has 0 aromatic carbocycles. The van der Waals surface area contributed by atoms with Gasteiger partial charge in [0.1, 0.15) is 5.82 Å². The molecular formula is C9H10BrN3O2S. The first kappa shape index (κ1) is 12.9. The average molecular weight is 304 g/mol. The Kier molecular flexibility index (Phi) is 4.63. The first-order chi connectivity index (χ1) is 7.56. The molecule has 2 N–H and O–H groups in total. The summed E-state index contributed by atoms with van der Waals surface area (Å²) < 4.78 is 0.721. The molecule has 1 aromatic rings. The third-order valence-corrected chi connectivity index (χ3v) is 2.74. The molecule has 1 aromatic heterocycles. The van der Waals surface area contributed by atoms with E-state index in [1.807, 2.05) is 0 Å². The highest BCUT2D eigenvalue weighted by atomic mass is 79.9. The SMILES string of the molecule is CCN(C(=O)O)C(=S)Nc1ncccc1Br. The van der Waals surface area contributed by atoms with Gasteiger partial charge in [0, 0.05) is 12.7 Å². The van der Waals surface area contributed by atoms with Crippen molar-refractivity contribution in [3.8, 4) is 0 Å². The van der Waals surface area contributed by atoms with Crippen molar-refractivity contribution < 1.29 is 9.90 Å². The number of carbonyl (C=O) groups is 1. The van der Waals surface area contributed by atoms with Gasteiger partial charge in [-0.3, -0.25) is 4.90 Å². The van der Waals surface area contributed by atoms with Gasteiger partial charge in [0.2, 0.25) is 0 Å². The number of pyridine rings is 1. The Balaban J connectivity index is 2.78. The van der Waals surface area contributed by atoms with Crippen LogP contribution in [0.15, 0.2) is 22.8 Å². The first-order valence-electron chi connectivity index (χ1n) is 4.48. The summed E-state index contributed by atoms with van der Waals surface area (Å²) in [6, 6.07) is 3.54. The van der Waals surface area contributed by atoms with E-state index in [9.17, 15) is 4.79 Å². The second kappa shape index (κ2) is 5.76. The van der Waals surface area contributed by atoms with Gasteiger partial charge in [0.15, 0.2) is 5.11 Å². The largest absolute Gasteiger partial charge is 0.465 e. The molecule has 0 unspecified atom stereocenters. The quantitative estimate of drug-likeness (QED) is 0.822. The highest BCUT2D eigenvalue weighted by Gasteiger charge is 2.15. The lowest BCUT2D eigenvalue weighted by Crippen LogP contribution is -2.38. The lowest BCUT2D eigenvalue weighted by molar-refractivity contribution is 0.171. The van der Waals surface area contributed by atoms with Crippen LogP contribution in [0.25, 0.3) is 0 Å². The van der Waals surface area contributed by atoms with Crippen molar-refractivity contribution in [3.63, 3.8) is 0 Å². The standard InChI is InChI=1S/C9H10BrN3O2S/c1-2-13(9(14)15)8(16)12-7-6(10)4-3-5-11-7/h3-5H,2H2,1H3,(H,14,15)(H,11,12,16). The molecule has 1 heterocycles. The van der Waals surface area contributed by atoms with Crippen molar-refractivity contribution in [1.29, 1.82) is 0 Å².